The third-order valence-electron chi connectivity index (χ3n) is 3.92. The highest BCUT2D eigenvalue weighted by Gasteiger charge is 2.20. The number of hydrogen-bond acceptors (Lipinski definition) is 7. The molecule has 0 unspecified atom stereocenters. The standard InChI is InChI=1S/C18H17N5OS/c1-3-14-16(25-17-9-13(11-19)20-12-21-17)10-15(24-2)18(22-14)23-7-5-4-6-8-23/h1,9-10,12H,4-8H2,2H3. The fourth-order valence-electron chi connectivity index (χ4n) is 2.70. The lowest BCUT2D eigenvalue weighted by Gasteiger charge is -2.29. The molecular weight excluding hydrogens is 334 g/mol. The van der Waals surface area contributed by atoms with Gasteiger partial charge < -0.3 is 9.64 Å². The Kier molecular flexibility index (Phi) is 5.37. The summed E-state index contributed by atoms with van der Waals surface area (Å²) in [6, 6.07) is 5.52. The van der Waals surface area contributed by atoms with Gasteiger partial charge in [-0.3, -0.25) is 0 Å². The number of hydrogen-bond donors (Lipinski definition) is 0. The van der Waals surface area contributed by atoms with Crippen LogP contribution >= 0.6 is 11.8 Å². The molecule has 1 aliphatic rings. The maximum absolute atomic E-state index is 8.97. The van der Waals surface area contributed by atoms with Crippen LogP contribution in [-0.2, 0) is 0 Å². The minimum absolute atomic E-state index is 0.310. The number of ether oxygens (including phenoxy) is 1. The third kappa shape index (κ3) is 3.84. The number of nitrogens with zero attached hydrogens (tertiary/aromatic N) is 5. The molecule has 0 amide bonds. The summed E-state index contributed by atoms with van der Waals surface area (Å²) in [7, 11) is 1.63. The average molecular weight is 351 g/mol. The van der Waals surface area contributed by atoms with Crippen LogP contribution in [0.1, 0.15) is 30.7 Å². The normalized spacial score (nSPS) is 13.8. The quantitative estimate of drug-likeness (QED) is 0.619. The Morgan fingerprint density at radius 2 is 2.04 bits per heavy atom. The molecule has 2 aromatic rings. The first-order chi connectivity index (χ1) is 12.2. The number of methoxy groups -OCH3 is 1. The summed E-state index contributed by atoms with van der Waals surface area (Å²) in [5.74, 6) is 4.14. The lowest BCUT2D eigenvalue weighted by atomic mass is 10.1. The van der Waals surface area contributed by atoms with Gasteiger partial charge in [-0.25, -0.2) is 15.0 Å². The van der Waals surface area contributed by atoms with Crippen molar-refractivity contribution in [1.82, 2.24) is 15.0 Å². The number of nitriles is 1. The molecule has 0 aliphatic carbocycles. The SMILES string of the molecule is C#Cc1nc(N2CCCCC2)c(OC)cc1Sc1cc(C#N)ncn1. The monoisotopic (exact) mass is 351 g/mol. The second-order valence-corrected chi connectivity index (χ2v) is 6.57. The molecule has 2 aromatic heterocycles. The third-order valence-corrected chi connectivity index (χ3v) is 4.88. The highest BCUT2D eigenvalue weighted by atomic mass is 32.2. The van der Waals surface area contributed by atoms with Crippen molar-refractivity contribution in [3.8, 4) is 24.2 Å². The molecule has 7 heteroatoms. The summed E-state index contributed by atoms with van der Waals surface area (Å²) in [5, 5.41) is 9.61. The number of anilines is 1. The second-order valence-electron chi connectivity index (χ2n) is 5.51. The van der Waals surface area contributed by atoms with Gasteiger partial charge in [-0.05, 0) is 25.2 Å². The Bertz CT molecular complexity index is 850. The first-order valence-corrected chi connectivity index (χ1v) is 8.77. The summed E-state index contributed by atoms with van der Waals surface area (Å²) in [6.45, 7) is 1.91. The summed E-state index contributed by atoms with van der Waals surface area (Å²) >= 11 is 1.35. The van der Waals surface area contributed by atoms with Crippen LogP contribution in [0.3, 0.4) is 0 Å². The molecule has 0 atom stereocenters. The maximum atomic E-state index is 8.97. The van der Waals surface area contributed by atoms with Gasteiger partial charge in [-0.15, -0.1) is 6.42 Å². The summed E-state index contributed by atoms with van der Waals surface area (Å²) in [5.41, 5.74) is 0.855. The van der Waals surface area contributed by atoms with E-state index in [2.05, 4.69) is 25.8 Å². The molecule has 3 rings (SSSR count). The molecule has 25 heavy (non-hydrogen) atoms. The van der Waals surface area contributed by atoms with E-state index in [4.69, 9.17) is 16.4 Å². The summed E-state index contributed by atoms with van der Waals surface area (Å²) < 4.78 is 5.55. The van der Waals surface area contributed by atoms with Crippen LogP contribution in [0.15, 0.2) is 28.4 Å². The molecular formula is C18H17N5OS. The predicted octanol–water partition coefficient (Wildman–Crippen LogP) is 2.87. The van der Waals surface area contributed by atoms with E-state index >= 15 is 0 Å². The van der Waals surface area contributed by atoms with Gasteiger partial charge >= 0.3 is 0 Å². The van der Waals surface area contributed by atoms with E-state index < -0.39 is 0 Å². The molecule has 1 aliphatic heterocycles. The van der Waals surface area contributed by atoms with Crippen molar-refractivity contribution >= 4 is 17.6 Å². The molecule has 1 saturated heterocycles. The van der Waals surface area contributed by atoms with Crippen molar-refractivity contribution in [3.63, 3.8) is 0 Å². The molecule has 0 N–H and O–H groups in total. The second kappa shape index (κ2) is 7.87. The van der Waals surface area contributed by atoms with Crippen molar-refractivity contribution in [2.45, 2.75) is 29.2 Å². The minimum atomic E-state index is 0.310. The Morgan fingerprint density at radius 3 is 2.72 bits per heavy atom. The van der Waals surface area contributed by atoms with Crippen LogP contribution in [0.2, 0.25) is 0 Å². The van der Waals surface area contributed by atoms with Gasteiger partial charge in [0.15, 0.2) is 11.6 Å². The molecule has 0 aromatic carbocycles. The Morgan fingerprint density at radius 1 is 1.24 bits per heavy atom. The van der Waals surface area contributed by atoms with Crippen molar-refractivity contribution in [2.24, 2.45) is 0 Å². The number of aromatic nitrogens is 3. The van der Waals surface area contributed by atoms with Gasteiger partial charge in [0.25, 0.3) is 0 Å². The predicted molar refractivity (Wildman–Crippen MR) is 95.7 cm³/mol. The van der Waals surface area contributed by atoms with Crippen LogP contribution in [-0.4, -0.2) is 35.2 Å². The van der Waals surface area contributed by atoms with Gasteiger partial charge in [0, 0.05) is 25.2 Å². The Hall–Kier alpha value is -2.77. The molecule has 6 nitrogen and oxygen atoms in total. The summed E-state index contributed by atoms with van der Waals surface area (Å²) in [6.07, 6.45) is 10.6. The van der Waals surface area contributed by atoms with Crippen molar-refractivity contribution in [2.75, 3.05) is 25.1 Å². The molecule has 0 saturated carbocycles. The first kappa shape index (κ1) is 17.1. The van der Waals surface area contributed by atoms with Crippen LogP contribution in [0.4, 0.5) is 5.82 Å². The van der Waals surface area contributed by atoms with E-state index in [1.54, 1.807) is 13.2 Å². The van der Waals surface area contributed by atoms with Gasteiger partial charge in [0.1, 0.15) is 28.8 Å². The fourth-order valence-corrected chi connectivity index (χ4v) is 3.56. The average Bonchev–Trinajstić information content (AvgIpc) is 2.68. The van der Waals surface area contributed by atoms with Crippen molar-refractivity contribution < 1.29 is 4.74 Å². The lowest BCUT2D eigenvalue weighted by Crippen LogP contribution is -2.30. The highest BCUT2D eigenvalue weighted by molar-refractivity contribution is 7.99. The zero-order chi connectivity index (χ0) is 17.6. The van der Waals surface area contributed by atoms with E-state index in [1.165, 1.54) is 24.5 Å². The van der Waals surface area contributed by atoms with Crippen molar-refractivity contribution in [1.29, 1.82) is 5.26 Å². The van der Waals surface area contributed by atoms with Crippen LogP contribution in [0, 0.1) is 23.7 Å². The molecule has 1 fully saturated rings. The van der Waals surface area contributed by atoms with Crippen LogP contribution < -0.4 is 9.64 Å². The molecule has 3 heterocycles. The Balaban J connectivity index is 1.96. The zero-order valence-electron chi connectivity index (χ0n) is 13.9. The van der Waals surface area contributed by atoms with Crippen LogP contribution in [0.25, 0.3) is 0 Å². The number of pyridine rings is 1. The molecule has 0 radical (unpaired) electrons. The molecule has 126 valence electrons. The largest absolute Gasteiger partial charge is 0.493 e. The molecule has 0 bridgehead atoms. The zero-order valence-corrected chi connectivity index (χ0v) is 14.7. The molecule has 0 spiro atoms. The van der Waals surface area contributed by atoms with Crippen molar-refractivity contribution in [3.05, 3.63) is 29.8 Å². The van der Waals surface area contributed by atoms with E-state index in [1.807, 2.05) is 12.1 Å². The van der Waals surface area contributed by atoms with Gasteiger partial charge in [-0.1, -0.05) is 11.8 Å². The Labute approximate surface area is 151 Å². The maximum Gasteiger partial charge on any atom is 0.172 e. The van der Waals surface area contributed by atoms with E-state index in [0.717, 1.165) is 36.6 Å². The van der Waals surface area contributed by atoms with Gasteiger partial charge in [0.05, 0.1) is 12.0 Å². The number of terminal acetylenes is 1. The number of piperidine rings is 1. The van der Waals surface area contributed by atoms with Gasteiger partial charge in [0.2, 0.25) is 0 Å². The van der Waals surface area contributed by atoms with E-state index in [-0.39, 0.29) is 0 Å². The fraction of sp³-hybridized carbons (Fsp3) is 0.333. The van der Waals surface area contributed by atoms with E-state index in [0.29, 0.717) is 22.2 Å². The highest BCUT2D eigenvalue weighted by Crippen LogP contribution is 2.36. The first-order valence-electron chi connectivity index (χ1n) is 7.95. The topological polar surface area (TPSA) is 74.9 Å². The summed E-state index contributed by atoms with van der Waals surface area (Å²) in [4.78, 5) is 15.7. The van der Waals surface area contributed by atoms with E-state index in [9.17, 15) is 0 Å². The van der Waals surface area contributed by atoms with Crippen LogP contribution in [0.5, 0.6) is 5.75 Å². The van der Waals surface area contributed by atoms with Gasteiger partial charge in [-0.2, -0.15) is 5.26 Å². The smallest absolute Gasteiger partial charge is 0.172 e. The lowest BCUT2D eigenvalue weighted by molar-refractivity contribution is 0.409. The number of rotatable bonds is 4. The minimum Gasteiger partial charge on any atom is -0.493 e.